The molecule has 0 aliphatic carbocycles. The first kappa shape index (κ1) is 18.0. The van der Waals surface area contributed by atoms with E-state index >= 15 is 0 Å². The van der Waals surface area contributed by atoms with E-state index in [1.165, 1.54) is 4.68 Å². The molecule has 0 spiro atoms. The lowest BCUT2D eigenvalue weighted by atomic mass is 10.3. The summed E-state index contributed by atoms with van der Waals surface area (Å²) >= 11 is 6.04. The van der Waals surface area contributed by atoms with Gasteiger partial charge in [-0.05, 0) is 20.8 Å². The van der Waals surface area contributed by atoms with Crippen LogP contribution in [0.5, 0.6) is 0 Å². The van der Waals surface area contributed by atoms with Crippen LogP contribution in [0.15, 0.2) is 0 Å². The van der Waals surface area contributed by atoms with Gasteiger partial charge in [0.05, 0.1) is 17.2 Å². The lowest BCUT2D eigenvalue weighted by Crippen LogP contribution is -2.31. The van der Waals surface area contributed by atoms with Crippen molar-refractivity contribution in [2.24, 2.45) is 7.05 Å². The van der Waals surface area contributed by atoms with Gasteiger partial charge in [0.25, 0.3) is 0 Å². The fraction of sp³-hybridized carbons (Fsp3) is 0.692. The zero-order valence-corrected chi connectivity index (χ0v) is 14.5. The molecule has 0 aliphatic rings. The van der Waals surface area contributed by atoms with E-state index in [-0.39, 0.29) is 23.8 Å². The van der Waals surface area contributed by atoms with Crippen LogP contribution in [0.1, 0.15) is 31.5 Å². The lowest BCUT2D eigenvalue weighted by molar-refractivity contribution is -0.130. The molecule has 21 heavy (non-hydrogen) atoms. The number of amides is 1. The van der Waals surface area contributed by atoms with Crippen LogP contribution in [0, 0.1) is 6.92 Å². The number of rotatable bonds is 7. The Labute approximate surface area is 131 Å². The minimum absolute atomic E-state index is 0.000935. The van der Waals surface area contributed by atoms with Gasteiger partial charge in [0.15, 0.2) is 9.84 Å². The van der Waals surface area contributed by atoms with Crippen LogP contribution in [-0.4, -0.2) is 47.8 Å². The van der Waals surface area contributed by atoms with Crippen molar-refractivity contribution in [2.75, 3.05) is 18.8 Å². The summed E-state index contributed by atoms with van der Waals surface area (Å²) in [4.78, 5) is 13.5. The van der Waals surface area contributed by atoms with Crippen molar-refractivity contribution in [1.82, 2.24) is 14.7 Å². The molecule has 1 rings (SSSR count). The van der Waals surface area contributed by atoms with Crippen molar-refractivity contribution in [3.8, 4) is 0 Å². The Morgan fingerprint density at radius 3 is 2.33 bits per heavy atom. The highest BCUT2D eigenvalue weighted by atomic mass is 35.5. The number of aryl methyl sites for hydroxylation is 2. The second kappa shape index (κ2) is 7.26. The van der Waals surface area contributed by atoms with E-state index < -0.39 is 9.84 Å². The molecule has 0 saturated carbocycles. The Kier molecular flexibility index (Phi) is 6.22. The molecule has 0 saturated heterocycles. The molecule has 0 unspecified atom stereocenters. The van der Waals surface area contributed by atoms with Crippen molar-refractivity contribution >= 4 is 27.3 Å². The SMILES string of the molecule is CCN(CC)C(=O)CCS(=O)(=O)Cc1c(C)nn(C)c1Cl. The van der Waals surface area contributed by atoms with E-state index in [1.54, 1.807) is 18.9 Å². The highest BCUT2D eigenvalue weighted by molar-refractivity contribution is 7.90. The molecule has 0 bridgehead atoms. The van der Waals surface area contributed by atoms with Gasteiger partial charge in [-0.1, -0.05) is 11.6 Å². The van der Waals surface area contributed by atoms with Crippen LogP contribution in [0.2, 0.25) is 5.15 Å². The molecule has 0 atom stereocenters. The number of hydrogen-bond donors (Lipinski definition) is 0. The maximum atomic E-state index is 12.2. The summed E-state index contributed by atoms with van der Waals surface area (Å²) < 4.78 is 25.7. The van der Waals surface area contributed by atoms with Crippen molar-refractivity contribution < 1.29 is 13.2 Å². The van der Waals surface area contributed by atoms with Crippen LogP contribution < -0.4 is 0 Å². The molecule has 1 aromatic heterocycles. The summed E-state index contributed by atoms with van der Waals surface area (Å²) in [6.07, 6.45) is 0.000935. The molecular formula is C13H22ClN3O3S. The second-order valence-electron chi connectivity index (χ2n) is 4.89. The number of sulfone groups is 1. The monoisotopic (exact) mass is 335 g/mol. The maximum Gasteiger partial charge on any atom is 0.223 e. The maximum absolute atomic E-state index is 12.2. The molecule has 1 heterocycles. The zero-order valence-electron chi connectivity index (χ0n) is 12.9. The van der Waals surface area contributed by atoms with E-state index in [0.717, 1.165) is 0 Å². The van der Waals surface area contributed by atoms with Crippen molar-refractivity contribution in [3.63, 3.8) is 0 Å². The molecule has 6 nitrogen and oxygen atoms in total. The smallest absolute Gasteiger partial charge is 0.223 e. The molecule has 0 radical (unpaired) electrons. The fourth-order valence-electron chi connectivity index (χ4n) is 2.11. The first-order chi connectivity index (χ1) is 9.71. The first-order valence-electron chi connectivity index (χ1n) is 6.88. The number of hydrogen-bond acceptors (Lipinski definition) is 4. The topological polar surface area (TPSA) is 72.3 Å². The highest BCUT2D eigenvalue weighted by Crippen LogP contribution is 2.21. The Hall–Kier alpha value is -1.08. The largest absolute Gasteiger partial charge is 0.343 e. The third-order valence-electron chi connectivity index (χ3n) is 3.38. The van der Waals surface area contributed by atoms with E-state index in [0.29, 0.717) is 29.5 Å². The molecule has 120 valence electrons. The zero-order chi connectivity index (χ0) is 16.2. The minimum Gasteiger partial charge on any atom is -0.343 e. The number of carbonyl (C=O) groups excluding carboxylic acids is 1. The van der Waals surface area contributed by atoms with E-state index in [2.05, 4.69) is 5.10 Å². The standard InChI is InChI=1S/C13H22ClN3O3S/c1-5-17(6-2)12(18)7-8-21(19,20)9-11-10(3)15-16(4)13(11)14/h5-9H2,1-4H3. The summed E-state index contributed by atoms with van der Waals surface area (Å²) in [6, 6.07) is 0. The number of aromatic nitrogens is 2. The van der Waals surface area contributed by atoms with Crippen LogP contribution in [0.25, 0.3) is 0 Å². The third-order valence-corrected chi connectivity index (χ3v) is 5.40. The molecule has 0 N–H and O–H groups in total. The van der Waals surface area contributed by atoms with Gasteiger partial charge in [0.1, 0.15) is 5.15 Å². The first-order valence-corrected chi connectivity index (χ1v) is 9.07. The molecule has 8 heteroatoms. The summed E-state index contributed by atoms with van der Waals surface area (Å²) in [5, 5.41) is 4.42. The highest BCUT2D eigenvalue weighted by Gasteiger charge is 2.21. The van der Waals surface area contributed by atoms with E-state index in [1.807, 2.05) is 13.8 Å². The lowest BCUT2D eigenvalue weighted by Gasteiger charge is -2.18. The van der Waals surface area contributed by atoms with E-state index in [9.17, 15) is 13.2 Å². The summed E-state index contributed by atoms with van der Waals surface area (Å²) in [5.41, 5.74) is 1.11. The average molecular weight is 336 g/mol. The van der Waals surface area contributed by atoms with Gasteiger partial charge in [0, 0.05) is 32.1 Å². The van der Waals surface area contributed by atoms with Crippen LogP contribution >= 0.6 is 11.6 Å². The van der Waals surface area contributed by atoms with Crippen molar-refractivity contribution in [3.05, 3.63) is 16.4 Å². The van der Waals surface area contributed by atoms with Crippen LogP contribution in [-0.2, 0) is 27.4 Å². The molecule has 0 aliphatic heterocycles. The summed E-state index contributed by atoms with van der Waals surface area (Å²) in [5.74, 6) is -0.498. The Morgan fingerprint density at radius 2 is 1.90 bits per heavy atom. The molecule has 0 aromatic carbocycles. The number of carbonyl (C=O) groups is 1. The minimum atomic E-state index is -3.40. The normalized spacial score (nSPS) is 11.7. The van der Waals surface area contributed by atoms with Gasteiger partial charge in [-0.3, -0.25) is 9.48 Å². The quantitative estimate of drug-likeness (QED) is 0.758. The number of halogens is 1. The number of nitrogens with zero attached hydrogens (tertiary/aromatic N) is 3. The van der Waals surface area contributed by atoms with Gasteiger partial charge in [-0.25, -0.2) is 8.42 Å². The van der Waals surface area contributed by atoms with Gasteiger partial charge in [0.2, 0.25) is 5.91 Å². The fourth-order valence-corrected chi connectivity index (χ4v) is 3.84. The predicted octanol–water partition coefficient (Wildman–Crippen LogP) is 1.56. The van der Waals surface area contributed by atoms with E-state index in [4.69, 9.17) is 11.6 Å². The average Bonchev–Trinajstić information content (AvgIpc) is 2.64. The van der Waals surface area contributed by atoms with Crippen LogP contribution in [0.3, 0.4) is 0 Å². The Morgan fingerprint density at radius 1 is 1.33 bits per heavy atom. The van der Waals surface area contributed by atoms with Gasteiger partial charge in [-0.2, -0.15) is 5.10 Å². The van der Waals surface area contributed by atoms with Crippen molar-refractivity contribution in [2.45, 2.75) is 32.9 Å². The van der Waals surface area contributed by atoms with Gasteiger partial charge >= 0.3 is 0 Å². The van der Waals surface area contributed by atoms with Crippen molar-refractivity contribution in [1.29, 1.82) is 0 Å². The molecule has 0 fully saturated rings. The molecule has 1 amide bonds. The third kappa shape index (κ3) is 4.71. The van der Waals surface area contributed by atoms with Crippen LogP contribution in [0.4, 0.5) is 0 Å². The molecular weight excluding hydrogens is 314 g/mol. The van der Waals surface area contributed by atoms with Gasteiger partial charge in [-0.15, -0.1) is 0 Å². The predicted molar refractivity (Wildman–Crippen MR) is 83.0 cm³/mol. The summed E-state index contributed by atoms with van der Waals surface area (Å²) in [7, 11) is -1.73. The Bertz CT molecular complexity index is 606. The van der Waals surface area contributed by atoms with Gasteiger partial charge < -0.3 is 4.90 Å². The second-order valence-corrected chi connectivity index (χ2v) is 7.43. The Balaban J connectivity index is 2.73. The molecule has 1 aromatic rings. The summed E-state index contributed by atoms with van der Waals surface area (Å²) in [6.45, 7) is 6.63.